The molecule has 0 aromatic heterocycles. The van der Waals surface area contributed by atoms with E-state index in [9.17, 15) is 14.4 Å². The lowest BCUT2D eigenvalue weighted by Gasteiger charge is -2.18. The average molecular weight is 372 g/mol. The Bertz CT molecular complexity index is 411. The molecule has 0 radical (unpaired) electrons. The van der Waals surface area contributed by atoms with Crippen LogP contribution in [0.15, 0.2) is 0 Å². The van der Waals surface area contributed by atoms with Gasteiger partial charge in [0.15, 0.2) is 0 Å². The summed E-state index contributed by atoms with van der Waals surface area (Å²) in [5.74, 6) is -2.16. The zero-order chi connectivity index (χ0) is 19.4. The van der Waals surface area contributed by atoms with Crippen LogP contribution in [0.25, 0.3) is 0 Å². The van der Waals surface area contributed by atoms with E-state index in [0.717, 1.165) is 64.5 Å². The maximum atomic E-state index is 10.4. The molecule has 8 nitrogen and oxygen atoms in total. The Morgan fingerprint density at radius 1 is 0.654 bits per heavy atom. The number of rotatable bonds is 3. The van der Waals surface area contributed by atoms with Crippen LogP contribution in [0.3, 0.4) is 0 Å². The zero-order valence-corrected chi connectivity index (χ0v) is 15.3. The largest absolute Gasteiger partial charge is 0.481 e. The first-order valence-corrected chi connectivity index (χ1v) is 9.54. The maximum absolute atomic E-state index is 10.4. The minimum Gasteiger partial charge on any atom is -0.481 e. The molecule has 150 valence electrons. The topological polar surface area (TPSA) is 136 Å². The molecule has 3 fully saturated rings. The second-order valence-electron chi connectivity index (χ2n) is 7.04. The van der Waals surface area contributed by atoms with Crippen molar-refractivity contribution in [1.82, 2.24) is 10.6 Å². The molecule has 8 heteroatoms. The van der Waals surface area contributed by atoms with Crippen molar-refractivity contribution >= 4 is 17.9 Å². The van der Waals surface area contributed by atoms with Crippen molar-refractivity contribution in [2.45, 2.75) is 63.8 Å². The van der Waals surface area contributed by atoms with Gasteiger partial charge in [0.05, 0.1) is 11.8 Å². The highest BCUT2D eigenvalue weighted by atomic mass is 16.4. The van der Waals surface area contributed by atoms with Crippen molar-refractivity contribution < 1.29 is 29.7 Å². The van der Waals surface area contributed by atoms with Crippen LogP contribution in [0.1, 0.15) is 57.8 Å². The predicted octanol–water partition coefficient (Wildman–Crippen LogP) is 1.54. The Hall–Kier alpha value is -1.67. The Morgan fingerprint density at radius 3 is 1.54 bits per heavy atom. The lowest BCUT2D eigenvalue weighted by Crippen LogP contribution is -2.34. The van der Waals surface area contributed by atoms with E-state index in [1.54, 1.807) is 0 Å². The van der Waals surface area contributed by atoms with Crippen LogP contribution in [0.2, 0.25) is 0 Å². The molecule has 0 spiro atoms. The first-order chi connectivity index (χ1) is 12.4. The molecule has 1 saturated carbocycles. The van der Waals surface area contributed by atoms with Crippen LogP contribution >= 0.6 is 0 Å². The Morgan fingerprint density at radius 2 is 1.23 bits per heavy atom. The third-order valence-corrected chi connectivity index (χ3v) is 4.96. The van der Waals surface area contributed by atoms with E-state index < -0.39 is 17.9 Å². The fourth-order valence-electron chi connectivity index (χ4n) is 3.31. The number of nitrogens with one attached hydrogen (secondary N) is 2. The summed E-state index contributed by atoms with van der Waals surface area (Å²) in [6, 6.07) is -0.269. The molecule has 3 rings (SSSR count). The summed E-state index contributed by atoms with van der Waals surface area (Å²) in [6.45, 7) is 2.48. The standard InChI is InChI=1S/C7H12O2.C6H11NO2.C5H9NO2/c8-7(9)6-4-2-1-3-5-6;8-6(9)5-2-1-3-7-4-5;7-5(8)4-2-1-3-6-4/h6H,1-5H2,(H,8,9);5,7H,1-4H2,(H,8,9);4,6H,1-3H2,(H,7,8)/t;;4-/m..0/s1. The second kappa shape index (κ2) is 12.6. The number of carboxylic acids is 3. The molecule has 0 bridgehead atoms. The maximum Gasteiger partial charge on any atom is 0.320 e. The van der Waals surface area contributed by atoms with Crippen molar-refractivity contribution in [3.8, 4) is 0 Å². The van der Waals surface area contributed by atoms with Crippen molar-refractivity contribution in [2.24, 2.45) is 11.8 Å². The third kappa shape index (κ3) is 9.15. The van der Waals surface area contributed by atoms with Gasteiger partial charge in [0.25, 0.3) is 0 Å². The summed E-state index contributed by atoms with van der Waals surface area (Å²) in [5, 5.41) is 31.3. The molecular formula is C18H32N2O6. The zero-order valence-electron chi connectivity index (χ0n) is 15.3. The van der Waals surface area contributed by atoms with Crippen molar-refractivity contribution in [2.75, 3.05) is 19.6 Å². The molecule has 2 heterocycles. The molecular weight excluding hydrogens is 340 g/mol. The SMILES string of the molecule is O=C(O)C1CCCCC1.O=C(O)C1CCCNC1.O=C(O)[C@@H]1CCCN1. The van der Waals surface area contributed by atoms with E-state index in [2.05, 4.69) is 10.6 Å². The average Bonchev–Trinajstić information content (AvgIpc) is 3.19. The van der Waals surface area contributed by atoms with E-state index in [0.29, 0.717) is 6.54 Å². The van der Waals surface area contributed by atoms with E-state index in [4.69, 9.17) is 15.3 Å². The van der Waals surface area contributed by atoms with Crippen molar-refractivity contribution in [3.05, 3.63) is 0 Å². The van der Waals surface area contributed by atoms with Gasteiger partial charge in [0, 0.05) is 6.54 Å². The van der Waals surface area contributed by atoms with Crippen molar-refractivity contribution in [3.63, 3.8) is 0 Å². The fourth-order valence-corrected chi connectivity index (χ4v) is 3.31. The van der Waals surface area contributed by atoms with E-state index in [1.165, 1.54) is 6.42 Å². The predicted molar refractivity (Wildman–Crippen MR) is 96.1 cm³/mol. The number of carboxylic acid groups (broad SMARTS) is 3. The smallest absolute Gasteiger partial charge is 0.320 e. The van der Waals surface area contributed by atoms with Gasteiger partial charge in [-0.3, -0.25) is 14.4 Å². The first kappa shape index (κ1) is 22.4. The quantitative estimate of drug-likeness (QED) is 0.503. The van der Waals surface area contributed by atoms with Gasteiger partial charge in [-0.05, 0) is 51.6 Å². The Balaban J connectivity index is 0.000000195. The van der Waals surface area contributed by atoms with E-state index in [-0.39, 0.29) is 17.9 Å². The van der Waals surface area contributed by atoms with Gasteiger partial charge in [-0.1, -0.05) is 19.3 Å². The second-order valence-corrected chi connectivity index (χ2v) is 7.04. The molecule has 1 unspecified atom stereocenters. The highest BCUT2D eigenvalue weighted by Crippen LogP contribution is 2.23. The molecule has 0 aromatic carbocycles. The monoisotopic (exact) mass is 372 g/mol. The molecule has 2 saturated heterocycles. The van der Waals surface area contributed by atoms with Crippen LogP contribution in [0.4, 0.5) is 0 Å². The van der Waals surface area contributed by atoms with E-state index in [1.807, 2.05) is 0 Å². The van der Waals surface area contributed by atoms with Gasteiger partial charge in [-0.2, -0.15) is 0 Å². The highest BCUT2D eigenvalue weighted by Gasteiger charge is 2.20. The van der Waals surface area contributed by atoms with Crippen molar-refractivity contribution in [1.29, 1.82) is 0 Å². The van der Waals surface area contributed by atoms with Crippen LogP contribution in [0.5, 0.6) is 0 Å². The van der Waals surface area contributed by atoms with Crippen LogP contribution in [-0.4, -0.2) is 58.9 Å². The Labute approximate surface area is 154 Å². The van der Waals surface area contributed by atoms with Gasteiger partial charge in [0.2, 0.25) is 0 Å². The summed E-state index contributed by atoms with van der Waals surface area (Å²) in [7, 11) is 0. The van der Waals surface area contributed by atoms with Gasteiger partial charge in [-0.25, -0.2) is 0 Å². The lowest BCUT2D eigenvalue weighted by atomic mass is 9.90. The van der Waals surface area contributed by atoms with E-state index >= 15 is 0 Å². The normalized spacial score (nSPS) is 25.8. The van der Waals surface area contributed by atoms with Gasteiger partial charge < -0.3 is 26.0 Å². The molecule has 0 aromatic rings. The van der Waals surface area contributed by atoms with Gasteiger partial charge in [0.1, 0.15) is 6.04 Å². The molecule has 26 heavy (non-hydrogen) atoms. The van der Waals surface area contributed by atoms with Crippen LogP contribution < -0.4 is 10.6 Å². The fraction of sp³-hybridized carbons (Fsp3) is 0.833. The summed E-state index contributed by atoms with van der Waals surface area (Å²) < 4.78 is 0. The minimum atomic E-state index is -0.720. The number of aliphatic carboxylic acids is 3. The summed E-state index contributed by atoms with van der Waals surface area (Å²) in [4.78, 5) is 30.8. The molecule has 0 amide bonds. The molecule has 2 atom stereocenters. The minimum absolute atomic E-state index is 0.0289. The summed E-state index contributed by atoms with van der Waals surface area (Å²) in [6.07, 6.45) is 8.86. The highest BCUT2D eigenvalue weighted by molar-refractivity contribution is 5.73. The third-order valence-electron chi connectivity index (χ3n) is 4.96. The summed E-state index contributed by atoms with van der Waals surface area (Å²) >= 11 is 0. The molecule has 1 aliphatic carbocycles. The molecule has 2 aliphatic heterocycles. The van der Waals surface area contributed by atoms with Gasteiger partial charge in [-0.15, -0.1) is 0 Å². The first-order valence-electron chi connectivity index (χ1n) is 9.54. The van der Waals surface area contributed by atoms with Crippen LogP contribution in [-0.2, 0) is 14.4 Å². The summed E-state index contributed by atoms with van der Waals surface area (Å²) in [5.41, 5.74) is 0. The lowest BCUT2D eigenvalue weighted by molar-refractivity contribution is -0.143. The van der Waals surface area contributed by atoms with Crippen LogP contribution in [0, 0.1) is 11.8 Å². The molecule has 5 N–H and O–H groups in total. The number of carbonyl (C=O) groups is 3. The Kier molecular flexibility index (Phi) is 10.9. The van der Waals surface area contributed by atoms with Gasteiger partial charge >= 0.3 is 17.9 Å². The molecule has 3 aliphatic rings. The number of hydrogen-bond donors (Lipinski definition) is 5. The number of piperidine rings is 1. The number of hydrogen-bond acceptors (Lipinski definition) is 5.